The normalized spacial score (nSPS) is 19.3. The zero-order chi connectivity index (χ0) is 16.2. The fourth-order valence-corrected chi connectivity index (χ4v) is 7.57. The van der Waals surface area contributed by atoms with Gasteiger partial charge in [-0.2, -0.15) is 0 Å². The first-order valence-corrected chi connectivity index (χ1v) is 9.45. The van der Waals surface area contributed by atoms with Crippen LogP contribution >= 0.6 is 20.2 Å². The molecule has 1 aromatic carbocycles. The zero-order valence-corrected chi connectivity index (χ0v) is 13.9. The van der Waals surface area contributed by atoms with Crippen LogP contribution in [0.15, 0.2) is 43.0 Å². The van der Waals surface area contributed by atoms with E-state index in [2.05, 4.69) is 4.98 Å². The van der Waals surface area contributed by atoms with E-state index in [1.807, 2.05) is 0 Å². The molecule has 1 aliphatic rings. The standard InChI is InChI=1S/C14H13F4IN2O/c1-12(2)10-5-3-4-6-11(10)19(22-12)13(15,16)14(17,18)21-8-7-20-9-21/h3-9H,1-2H3. The molecule has 0 spiro atoms. The van der Waals surface area contributed by atoms with Crippen molar-refractivity contribution in [2.24, 2.45) is 0 Å². The molecule has 1 aromatic heterocycles. The summed E-state index contributed by atoms with van der Waals surface area (Å²) in [6, 6.07) is 1.99. The molecule has 2 heterocycles. The number of benzene rings is 1. The van der Waals surface area contributed by atoms with Crippen LogP contribution in [0.5, 0.6) is 0 Å². The van der Waals surface area contributed by atoms with Crippen molar-refractivity contribution in [3.8, 4) is 0 Å². The first-order chi connectivity index (χ1) is 10.2. The molecule has 8 heteroatoms. The predicted molar refractivity (Wildman–Crippen MR) is 80.6 cm³/mol. The van der Waals surface area contributed by atoms with Gasteiger partial charge in [0.2, 0.25) is 0 Å². The summed E-state index contributed by atoms with van der Waals surface area (Å²) in [5.41, 5.74) is -0.433. The van der Waals surface area contributed by atoms with Crippen LogP contribution in [0.2, 0.25) is 0 Å². The molecule has 0 atom stereocenters. The van der Waals surface area contributed by atoms with E-state index in [1.54, 1.807) is 32.0 Å². The van der Waals surface area contributed by atoms with Crippen LogP contribution in [0.25, 0.3) is 0 Å². The van der Waals surface area contributed by atoms with Crippen molar-refractivity contribution in [2.75, 3.05) is 0 Å². The third-order valence-electron chi connectivity index (χ3n) is 3.36. The van der Waals surface area contributed by atoms with Gasteiger partial charge in [0.05, 0.1) is 0 Å². The summed E-state index contributed by atoms with van der Waals surface area (Å²) in [6.07, 6.45) is 2.56. The van der Waals surface area contributed by atoms with Gasteiger partial charge in [0.1, 0.15) is 0 Å². The quantitative estimate of drug-likeness (QED) is 0.407. The Morgan fingerprint density at radius 2 is 1.86 bits per heavy atom. The maximum absolute atomic E-state index is 14.6. The fourth-order valence-electron chi connectivity index (χ4n) is 2.23. The van der Waals surface area contributed by atoms with Crippen molar-refractivity contribution in [3.63, 3.8) is 0 Å². The summed E-state index contributed by atoms with van der Waals surface area (Å²) in [5, 5.41) is 0. The molecule has 3 nitrogen and oxygen atoms in total. The maximum atomic E-state index is 14.6. The molecular weight excluding hydrogens is 415 g/mol. The molecule has 0 radical (unpaired) electrons. The Morgan fingerprint density at radius 1 is 1.18 bits per heavy atom. The molecule has 0 bridgehead atoms. The Balaban J connectivity index is 2.08. The van der Waals surface area contributed by atoms with Crippen molar-refractivity contribution in [1.82, 2.24) is 9.55 Å². The second-order valence-electron chi connectivity index (χ2n) is 5.33. The number of imidazole rings is 1. The van der Waals surface area contributed by atoms with Gasteiger partial charge in [-0.15, -0.1) is 0 Å². The van der Waals surface area contributed by atoms with E-state index in [0.29, 0.717) is 11.9 Å². The van der Waals surface area contributed by atoms with Gasteiger partial charge in [-0.05, 0) is 0 Å². The molecule has 0 aliphatic carbocycles. The van der Waals surface area contributed by atoms with E-state index in [1.165, 1.54) is 6.07 Å². The number of aromatic nitrogens is 2. The third kappa shape index (κ3) is 2.15. The fraction of sp³-hybridized carbons (Fsp3) is 0.357. The minimum atomic E-state index is -4.39. The summed E-state index contributed by atoms with van der Waals surface area (Å²) in [5.74, 6) is 0. The second kappa shape index (κ2) is 4.92. The van der Waals surface area contributed by atoms with E-state index >= 15 is 0 Å². The molecule has 0 N–H and O–H groups in total. The third-order valence-corrected chi connectivity index (χ3v) is 8.78. The number of fused-ring (bicyclic) bond motifs is 1. The van der Waals surface area contributed by atoms with Gasteiger partial charge in [-0.3, -0.25) is 0 Å². The Labute approximate surface area is 132 Å². The van der Waals surface area contributed by atoms with Crippen LogP contribution in [-0.4, -0.2) is 13.5 Å². The Bertz CT molecular complexity index is 688. The van der Waals surface area contributed by atoms with Crippen LogP contribution in [0.4, 0.5) is 17.6 Å². The molecule has 22 heavy (non-hydrogen) atoms. The summed E-state index contributed by atoms with van der Waals surface area (Å²) in [7, 11) is 0. The predicted octanol–water partition coefficient (Wildman–Crippen LogP) is 4.58. The average Bonchev–Trinajstić information content (AvgIpc) is 3.06. The van der Waals surface area contributed by atoms with Crippen LogP contribution < -0.4 is 0 Å². The molecule has 0 amide bonds. The minimum absolute atomic E-state index is 0.141. The van der Waals surface area contributed by atoms with Crippen molar-refractivity contribution >= 4 is 20.2 Å². The summed E-state index contributed by atoms with van der Waals surface area (Å²) in [4.78, 5) is 3.43. The number of halogens is 5. The molecule has 3 rings (SSSR count). The van der Waals surface area contributed by atoms with E-state index in [4.69, 9.17) is 3.07 Å². The monoisotopic (exact) mass is 428 g/mol. The van der Waals surface area contributed by atoms with Crippen molar-refractivity contribution in [1.29, 1.82) is 0 Å². The second-order valence-corrected chi connectivity index (χ2v) is 9.70. The molecule has 0 saturated carbocycles. The zero-order valence-electron chi connectivity index (χ0n) is 11.7. The first-order valence-electron chi connectivity index (χ1n) is 6.41. The topological polar surface area (TPSA) is 27.1 Å². The van der Waals surface area contributed by atoms with Gasteiger partial charge in [0.15, 0.2) is 0 Å². The van der Waals surface area contributed by atoms with Gasteiger partial charge >= 0.3 is 132 Å². The van der Waals surface area contributed by atoms with Crippen LogP contribution in [0.1, 0.15) is 19.4 Å². The average molecular weight is 428 g/mol. The molecule has 0 unspecified atom stereocenters. The summed E-state index contributed by atoms with van der Waals surface area (Å²) >= 11 is -3.93. The number of alkyl halides is 5. The number of rotatable bonds is 3. The van der Waals surface area contributed by atoms with Gasteiger partial charge in [0, 0.05) is 0 Å². The van der Waals surface area contributed by atoms with Gasteiger partial charge in [-0.1, -0.05) is 0 Å². The summed E-state index contributed by atoms with van der Waals surface area (Å²) in [6.45, 7) is 3.24. The molecule has 0 saturated heterocycles. The van der Waals surface area contributed by atoms with E-state index in [9.17, 15) is 17.6 Å². The van der Waals surface area contributed by atoms with E-state index in [0.717, 1.165) is 12.4 Å². The molecule has 2 aromatic rings. The van der Waals surface area contributed by atoms with Crippen LogP contribution in [0, 0.1) is 3.57 Å². The van der Waals surface area contributed by atoms with Crippen molar-refractivity contribution in [2.45, 2.75) is 29.4 Å². The Kier molecular flexibility index (Phi) is 3.52. The van der Waals surface area contributed by atoms with Gasteiger partial charge < -0.3 is 0 Å². The molecule has 1 aliphatic heterocycles. The Morgan fingerprint density at radius 3 is 2.50 bits per heavy atom. The first kappa shape index (κ1) is 15.7. The van der Waals surface area contributed by atoms with E-state index < -0.39 is 35.8 Å². The van der Waals surface area contributed by atoms with Gasteiger partial charge in [0.25, 0.3) is 0 Å². The van der Waals surface area contributed by atoms with Crippen molar-refractivity contribution in [3.05, 3.63) is 52.1 Å². The number of nitrogens with zero attached hydrogens (tertiary/aromatic N) is 2. The Hall–Kier alpha value is -1.16. The van der Waals surface area contributed by atoms with Gasteiger partial charge in [-0.25, -0.2) is 0 Å². The SMILES string of the molecule is CC1(C)OI(C(F)(F)C(F)(F)n2ccnc2)c2ccccc21. The number of hydrogen-bond donors (Lipinski definition) is 0. The number of hydrogen-bond acceptors (Lipinski definition) is 2. The molecular formula is C14H13F4IN2O. The van der Waals surface area contributed by atoms with Crippen LogP contribution in [0.3, 0.4) is 0 Å². The molecule has 120 valence electrons. The summed E-state index contributed by atoms with van der Waals surface area (Å²) < 4.78 is 59.4. The van der Waals surface area contributed by atoms with E-state index in [-0.39, 0.29) is 8.14 Å². The molecule has 0 fully saturated rings. The van der Waals surface area contributed by atoms with Crippen molar-refractivity contribution < 1.29 is 20.6 Å². The van der Waals surface area contributed by atoms with Crippen LogP contribution in [-0.2, 0) is 14.7 Å².